The molecule has 6 N–H and O–H groups in total. The van der Waals surface area contributed by atoms with Crippen LogP contribution in [0, 0.1) is 0 Å². The molecule has 2 aliphatic heterocycles. The number of esters is 1. The number of benzene rings is 3. The Bertz CT molecular complexity index is 1010. The fourth-order valence-corrected chi connectivity index (χ4v) is 3.71. The number of nitrogen functional groups attached to an aromatic ring is 2. The lowest BCUT2D eigenvalue weighted by Crippen LogP contribution is -2.33. The second-order valence-corrected chi connectivity index (χ2v) is 6.23. The molecule has 0 saturated heterocycles. The first-order valence-electron chi connectivity index (χ1n) is 7.90. The molecule has 0 aliphatic carbocycles. The van der Waals surface area contributed by atoms with Gasteiger partial charge in [-0.15, -0.1) is 0 Å². The highest BCUT2D eigenvalue weighted by Gasteiger charge is 2.53. The Morgan fingerprint density at radius 3 is 1.96 bits per heavy atom. The van der Waals surface area contributed by atoms with Gasteiger partial charge in [0.15, 0.2) is 5.60 Å². The van der Waals surface area contributed by atoms with Crippen molar-refractivity contribution in [3.63, 3.8) is 0 Å². The number of ether oxygens (including phenoxy) is 2. The molecule has 0 saturated carbocycles. The maximum atomic E-state index is 12.6. The van der Waals surface area contributed by atoms with Crippen LogP contribution in [0.4, 0.5) is 11.4 Å². The third-order valence-electron chi connectivity index (χ3n) is 4.76. The van der Waals surface area contributed by atoms with Crippen molar-refractivity contribution in [3.05, 3.63) is 82.9 Å². The Kier molecular flexibility index (Phi) is 3.22. The summed E-state index contributed by atoms with van der Waals surface area (Å²) >= 11 is 0. The molecule has 26 heavy (non-hydrogen) atoms. The standard InChI is InChI=1S/C20H14N2O3.H2O/c21-11-5-7-15-17(9-11)24-18-10-12(22)6-8-16(18)20(15)14-4-2-1-3-13(14)19(23)25-20;/h1-10H,21-22H2;1H2. The van der Waals surface area contributed by atoms with Gasteiger partial charge in [-0.25, -0.2) is 4.79 Å². The molecule has 0 amide bonds. The van der Waals surface area contributed by atoms with Gasteiger partial charge in [-0.05, 0) is 30.3 Å². The number of fused-ring (bicyclic) bond motifs is 6. The highest BCUT2D eigenvalue weighted by atomic mass is 16.6. The predicted molar refractivity (Wildman–Crippen MR) is 97.1 cm³/mol. The van der Waals surface area contributed by atoms with Crippen molar-refractivity contribution in [3.8, 4) is 11.5 Å². The SMILES string of the molecule is Nc1ccc2c(c1)Oc1cc(N)ccc1C21OC(=O)c2ccccc21.O. The summed E-state index contributed by atoms with van der Waals surface area (Å²) in [6.07, 6.45) is 0. The first-order valence-corrected chi connectivity index (χ1v) is 7.90. The van der Waals surface area contributed by atoms with E-state index in [0.29, 0.717) is 28.4 Å². The van der Waals surface area contributed by atoms with Gasteiger partial charge in [-0.3, -0.25) is 0 Å². The number of anilines is 2. The number of carbonyl (C=O) groups is 1. The Morgan fingerprint density at radius 1 is 0.769 bits per heavy atom. The number of carbonyl (C=O) groups excluding carboxylic acids is 1. The summed E-state index contributed by atoms with van der Waals surface area (Å²) in [4.78, 5) is 12.6. The summed E-state index contributed by atoms with van der Waals surface area (Å²) in [7, 11) is 0. The molecule has 0 bridgehead atoms. The smallest absolute Gasteiger partial charge is 0.340 e. The predicted octanol–water partition coefficient (Wildman–Crippen LogP) is 2.59. The minimum Gasteiger partial charge on any atom is -0.456 e. The molecule has 2 heterocycles. The van der Waals surface area contributed by atoms with Crippen molar-refractivity contribution in [2.45, 2.75) is 5.60 Å². The van der Waals surface area contributed by atoms with E-state index in [1.165, 1.54) is 0 Å². The Hall–Kier alpha value is -3.51. The van der Waals surface area contributed by atoms with Crippen LogP contribution >= 0.6 is 0 Å². The van der Waals surface area contributed by atoms with Crippen LogP contribution < -0.4 is 16.2 Å². The van der Waals surface area contributed by atoms with E-state index in [4.69, 9.17) is 20.9 Å². The first kappa shape index (κ1) is 16.0. The van der Waals surface area contributed by atoms with Crippen LogP contribution in [0.25, 0.3) is 0 Å². The quantitative estimate of drug-likeness (QED) is 0.478. The van der Waals surface area contributed by atoms with Crippen molar-refractivity contribution < 1.29 is 19.7 Å². The number of rotatable bonds is 0. The van der Waals surface area contributed by atoms with Crippen molar-refractivity contribution in [2.24, 2.45) is 0 Å². The van der Waals surface area contributed by atoms with E-state index >= 15 is 0 Å². The molecule has 3 aromatic carbocycles. The molecule has 0 radical (unpaired) electrons. The van der Waals surface area contributed by atoms with Gasteiger partial charge in [-0.1, -0.05) is 18.2 Å². The van der Waals surface area contributed by atoms with Crippen LogP contribution in [0.2, 0.25) is 0 Å². The molecule has 0 unspecified atom stereocenters. The molecule has 2 aliphatic rings. The molecule has 1 spiro atoms. The lowest BCUT2D eigenvalue weighted by Gasteiger charge is -2.36. The van der Waals surface area contributed by atoms with Gasteiger partial charge in [-0.2, -0.15) is 0 Å². The summed E-state index contributed by atoms with van der Waals surface area (Å²) in [6, 6.07) is 18.1. The molecule has 0 atom stereocenters. The summed E-state index contributed by atoms with van der Waals surface area (Å²) in [5, 5.41) is 0. The van der Waals surface area contributed by atoms with E-state index in [1.807, 2.05) is 30.3 Å². The van der Waals surface area contributed by atoms with E-state index in [9.17, 15) is 4.79 Å². The van der Waals surface area contributed by atoms with E-state index in [0.717, 1.165) is 16.7 Å². The molecule has 5 rings (SSSR count). The largest absolute Gasteiger partial charge is 0.456 e. The van der Waals surface area contributed by atoms with Crippen LogP contribution in [0.1, 0.15) is 27.0 Å². The zero-order valence-corrected chi connectivity index (χ0v) is 13.7. The lowest BCUT2D eigenvalue weighted by atomic mass is 9.77. The number of hydrogen-bond donors (Lipinski definition) is 2. The average Bonchev–Trinajstić information content (AvgIpc) is 2.88. The highest BCUT2D eigenvalue weighted by molar-refractivity contribution is 5.97. The Morgan fingerprint density at radius 2 is 1.35 bits per heavy atom. The monoisotopic (exact) mass is 348 g/mol. The molecule has 3 aromatic rings. The molecule has 0 aromatic heterocycles. The average molecular weight is 348 g/mol. The summed E-state index contributed by atoms with van der Waals surface area (Å²) < 4.78 is 12.0. The van der Waals surface area contributed by atoms with Crippen molar-refractivity contribution in [1.29, 1.82) is 0 Å². The Balaban J connectivity index is 0.00000168. The topological polar surface area (TPSA) is 119 Å². The van der Waals surface area contributed by atoms with E-state index < -0.39 is 5.60 Å². The molecule has 130 valence electrons. The fraction of sp³-hybridized carbons (Fsp3) is 0.0500. The first-order chi connectivity index (χ1) is 12.1. The van der Waals surface area contributed by atoms with Crippen molar-refractivity contribution in [2.75, 3.05) is 11.5 Å². The minimum absolute atomic E-state index is 0. The maximum absolute atomic E-state index is 12.6. The maximum Gasteiger partial charge on any atom is 0.340 e. The van der Waals surface area contributed by atoms with E-state index in [2.05, 4.69) is 0 Å². The second kappa shape index (κ2) is 5.24. The van der Waals surface area contributed by atoms with Crippen molar-refractivity contribution in [1.82, 2.24) is 0 Å². The third kappa shape index (κ3) is 1.87. The van der Waals surface area contributed by atoms with E-state index in [1.54, 1.807) is 30.3 Å². The zero-order chi connectivity index (χ0) is 17.2. The van der Waals surface area contributed by atoms with Crippen LogP contribution in [0.5, 0.6) is 11.5 Å². The normalized spacial score (nSPS) is 15.2. The van der Waals surface area contributed by atoms with Gasteiger partial charge in [0, 0.05) is 40.2 Å². The molecule has 0 fully saturated rings. The molecular formula is C20H16N2O4. The highest BCUT2D eigenvalue weighted by Crippen LogP contribution is 2.56. The van der Waals surface area contributed by atoms with Gasteiger partial charge in [0.2, 0.25) is 0 Å². The number of nitrogens with two attached hydrogens (primary N) is 2. The van der Waals surface area contributed by atoms with E-state index in [-0.39, 0.29) is 11.4 Å². The molecule has 6 nitrogen and oxygen atoms in total. The molecular weight excluding hydrogens is 332 g/mol. The second-order valence-electron chi connectivity index (χ2n) is 6.23. The van der Waals surface area contributed by atoms with Gasteiger partial charge in [0.25, 0.3) is 0 Å². The third-order valence-corrected chi connectivity index (χ3v) is 4.76. The zero-order valence-electron chi connectivity index (χ0n) is 13.7. The Labute approximate surface area is 149 Å². The number of hydrogen-bond acceptors (Lipinski definition) is 5. The molecule has 6 heteroatoms. The van der Waals surface area contributed by atoms with Gasteiger partial charge in [0.05, 0.1) is 5.56 Å². The van der Waals surface area contributed by atoms with Crippen LogP contribution in [0.3, 0.4) is 0 Å². The summed E-state index contributed by atoms with van der Waals surface area (Å²) in [5.74, 6) is 0.758. The minimum atomic E-state index is -1.06. The fourth-order valence-electron chi connectivity index (χ4n) is 3.71. The summed E-state index contributed by atoms with van der Waals surface area (Å²) in [6.45, 7) is 0. The van der Waals surface area contributed by atoms with Crippen molar-refractivity contribution >= 4 is 17.3 Å². The van der Waals surface area contributed by atoms with Crippen LogP contribution in [-0.4, -0.2) is 11.4 Å². The summed E-state index contributed by atoms with van der Waals surface area (Å²) in [5.41, 5.74) is 14.8. The lowest BCUT2D eigenvalue weighted by molar-refractivity contribution is 0.0224. The van der Waals surface area contributed by atoms with Crippen LogP contribution in [0.15, 0.2) is 60.7 Å². The van der Waals surface area contributed by atoms with Gasteiger partial charge in [0.1, 0.15) is 11.5 Å². The van der Waals surface area contributed by atoms with Crippen LogP contribution in [-0.2, 0) is 10.3 Å². The van der Waals surface area contributed by atoms with Gasteiger partial charge >= 0.3 is 5.97 Å². The van der Waals surface area contributed by atoms with Gasteiger partial charge < -0.3 is 26.4 Å².